The van der Waals surface area contributed by atoms with Crippen LogP contribution < -0.4 is 10.1 Å². The van der Waals surface area contributed by atoms with Crippen molar-refractivity contribution in [3.05, 3.63) is 47.9 Å². The van der Waals surface area contributed by atoms with E-state index in [2.05, 4.69) is 27.4 Å². The molecule has 6 nitrogen and oxygen atoms in total. The molecule has 1 aliphatic rings. The average molecular weight is 354 g/mol. The van der Waals surface area contributed by atoms with Crippen LogP contribution in [0.2, 0.25) is 0 Å². The Morgan fingerprint density at radius 3 is 2.84 bits per heavy atom. The molecule has 0 aliphatic carbocycles. The predicted molar refractivity (Wildman–Crippen MR) is 96.7 cm³/mol. The van der Waals surface area contributed by atoms with Crippen LogP contribution in [0.1, 0.15) is 31.1 Å². The zero-order valence-electron chi connectivity index (χ0n) is 14.0. The lowest BCUT2D eigenvalue weighted by atomic mass is 10.1. The van der Waals surface area contributed by atoms with Crippen molar-refractivity contribution in [1.82, 2.24) is 15.2 Å². The molecule has 0 saturated heterocycles. The van der Waals surface area contributed by atoms with Crippen molar-refractivity contribution in [2.45, 2.75) is 31.7 Å². The number of benzene rings is 1. The second-order valence-electron chi connectivity index (χ2n) is 5.73. The lowest BCUT2D eigenvalue weighted by Crippen LogP contribution is -2.16. The van der Waals surface area contributed by atoms with Gasteiger partial charge in [0.05, 0.1) is 0 Å². The summed E-state index contributed by atoms with van der Waals surface area (Å²) in [5, 5.41) is 12.6. The van der Waals surface area contributed by atoms with Gasteiger partial charge < -0.3 is 14.5 Å². The minimum atomic E-state index is -0.475. The Kier molecular flexibility index (Phi) is 4.31. The number of hydrogen-bond donors (Lipinski definition) is 1. The van der Waals surface area contributed by atoms with Crippen LogP contribution in [-0.4, -0.2) is 20.9 Å². The monoisotopic (exact) mass is 354 g/mol. The molecule has 3 aromatic rings. The summed E-state index contributed by atoms with van der Waals surface area (Å²) in [6.07, 6.45) is 0.571. The highest BCUT2D eigenvalue weighted by Gasteiger charge is 2.27. The van der Waals surface area contributed by atoms with Gasteiger partial charge in [-0.15, -0.1) is 10.2 Å². The van der Waals surface area contributed by atoms with Crippen LogP contribution >= 0.6 is 11.8 Å². The fraction of sp³-hybridized carbons (Fsp3) is 0.278. The molecule has 0 amide bonds. The quantitative estimate of drug-likeness (QED) is 0.694. The van der Waals surface area contributed by atoms with Crippen molar-refractivity contribution in [3.8, 4) is 17.1 Å². The SMILES string of the molecule is CCCSc1nnc2c(n1)O[C@H](c1ccc(C)o1)Nc1ccccc1-2. The zero-order valence-corrected chi connectivity index (χ0v) is 14.8. The molecule has 0 unspecified atom stereocenters. The molecule has 1 aliphatic heterocycles. The number of nitrogens with one attached hydrogen (secondary N) is 1. The van der Waals surface area contributed by atoms with Gasteiger partial charge in [-0.1, -0.05) is 36.9 Å². The molecule has 3 heterocycles. The van der Waals surface area contributed by atoms with Gasteiger partial charge >= 0.3 is 0 Å². The summed E-state index contributed by atoms with van der Waals surface area (Å²) >= 11 is 1.57. The molecule has 25 heavy (non-hydrogen) atoms. The number of fused-ring (bicyclic) bond motifs is 3. The largest absolute Gasteiger partial charge is 0.460 e. The van der Waals surface area contributed by atoms with Gasteiger partial charge in [-0.05, 0) is 31.5 Å². The lowest BCUT2D eigenvalue weighted by Gasteiger charge is -2.16. The van der Waals surface area contributed by atoms with Crippen LogP contribution in [0.25, 0.3) is 11.3 Å². The number of aryl methyl sites for hydroxylation is 1. The van der Waals surface area contributed by atoms with Crippen LogP contribution in [0.3, 0.4) is 0 Å². The highest BCUT2D eigenvalue weighted by molar-refractivity contribution is 7.99. The maximum Gasteiger partial charge on any atom is 0.247 e. The third kappa shape index (κ3) is 3.19. The van der Waals surface area contributed by atoms with Crippen LogP contribution in [0.15, 0.2) is 46.0 Å². The van der Waals surface area contributed by atoms with Crippen LogP contribution in [0.4, 0.5) is 5.69 Å². The molecule has 7 heteroatoms. The van der Waals surface area contributed by atoms with Crippen molar-refractivity contribution >= 4 is 17.4 Å². The molecule has 128 valence electrons. The Morgan fingerprint density at radius 1 is 1.16 bits per heavy atom. The highest BCUT2D eigenvalue weighted by atomic mass is 32.2. The predicted octanol–water partition coefficient (Wildman–Crippen LogP) is 4.45. The average Bonchev–Trinajstić information content (AvgIpc) is 2.99. The Balaban J connectivity index is 1.79. The topological polar surface area (TPSA) is 73.1 Å². The van der Waals surface area contributed by atoms with E-state index in [1.807, 2.05) is 43.3 Å². The van der Waals surface area contributed by atoms with Gasteiger partial charge in [-0.3, -0.25) is 0 Å². The van der Waals surface area contributed by atoms with E-state index in [1.54, 1.807) is 11.8 Å². The summed E-state index contributed by atoms with van der Waals surface area (Å²) in [7, 11) is 0. The van der Waals surface area contributed by atoms with E-state index in [4.69, 9.17) is 9.15 Å². The van der Waals surface area contributed by atoms with Crippen molar-refractivity contribution in [2.24, 2.45) is 0 Å². The van der Waals surface area contributed by atoms with Gasteiger partial charge in [-0.2, -0.15) is 4.98 Å². The number of para-hydroxylation sites is 1. The smallest absolute Gasteiger partial charge is 0.247 e. The Bertz CT molecular complexity index is 896. The maximum absolute atomic E-state index is 6.13. The van der Waals surface area contributed by atoms with Gasteiger partial charge in [0.25, 0.3) is 0 Å². The first-order valence-electron chi connectivity index (χ1n) is 8.21. The van der Waals surface area contributed by atoms with E-state index in [-0.39, 0.29) is 0 Å². The van der Waals surface area contributed by atoms with Crippen molar-refractivity contribution < 1.29 is 9.15 Å². The van der Waals surface area contributed by atoms with E-state index in [0.29, 0.717) is 22.5 Å². The van der Waals surface area contributed by atoms with Crippen molar-refractivity contribution in [2.75, 3.05) is 11.1 Å². The molecule has 1 atom stereocenters. The van der Waals surface area contributed by atoms with Gasteiger partial charge in [0.15, 0.2) is 11.5 Å². The molecular weight excluding hydrogens is 336 g/mol. The minimum absolute atomic E-state index is 0.463. The molecule has 1 N–H and O–H groups in total. The molecule has 0 saturated carbocycles. The van der Waals surface area contributed by atoms with E-state index in [9.17, 15) is 0 Å². The van der Waals surface area contributed by atoms with Gasteiger partial charge in [0.2, 0.25) is 17.3 Å². The van der Waals surface area contributed by atoms with E-state index in [1.165, 1.54) is 0 Å². The Labute approximate surface area is 150 Å². The number of hydrogen-bond acceptors (Lipinski definition) is 7. The Hall–Kier alpha value is -2.54. The number of ether oxygens (including phenoxy) is 1. The second-order valence-corrected chi connectivity index (χ2v) is 6.79. The fourth-order valence-corrected chi connectivity index (χ4v) is 3.26. The zero-order chi connectivity index (χ0) is 17.2. The fourth-order valence-electron chi connectivity index (χ4n) is 2.62. The van der Waals surface area contributed by atoms with Gasteiger partial charge in [0.1, 0.15) is 5.76 Å². The molecular formula is C18H18N4O2S. The van der Waals surface area contributed by atoms with Crippen LogP contribution in [0, 0.1) is 6.92 Å². The van der Waals surface area contributed by atoms with Gasteiger partial charge in [0, 0.05) is 17.0 Å². The summed E-state index contributed by atoms with van der Waals surface area (Å²) in [5.41, 5.74) is 2.45. The number of furan rings is 1. The normalized spacial score (nSPS) is 15.5. The summed E-state index contributed by atoms with van der Waals surface area (Å²) in [4.78, 5) is 4.58. The molecule has 0 fully saturated rings. The third-order valence-corrected chi connectivity index (χ3v) is 4.83. The van der Waals surface area contributed by atoms with Crippen LogP contribution in [0.5, 0.6) is 5.88 Å². The summed E-state index contributed by atoms with van der Waals surface area (Å²) in [6, 6.07) is 11.7. The molecule has 2 aromatic heterocycles. The summed E-state index contributed by atoms with van der Waals surface area (Å²) in [5.74, 6) is 2.93. The standard InChI is InChI=1S/C18H18N4O2S/c1-3-10-25-18-20-17-15(21-22-18)12-6-4-5-7-13(12)19-16(24-17)14-9-8-11(2)23-14/h4-9,16,19H,3,10H2,1-2H3/t16-/m1/s1. The second kappa shape index (κ2) is 6.76. The molecule has 0 bridgehead atoms. The van der Waals surface area contributed by atoms with E-state index in [0.717, 1.165) is 29.2 Å². The first-order valence-corrected chi connectivity index (χ1v) is 9.19. The van der Waals surface area contributed by atoms with Gasteiger partial charge in [-0.25, -0.2) is 0 Å². The lowest BCUT2D eigenvalue weighted by molar-refractivity contribution is 0.194. The number of aromatic nitrogens is 3. The molecule has 4 rings (SSSR count). The maximum atomic E-state index is 6.13. The molecule has 0 radical (unpaired) electrons. The summed E-state index contributed by atoms with van der Waals surface area (Å²) < 4.78 is 11.9. The summed E-state index contributed by atoms with van der Waals surface area (Å²) in [6.45, 7) is 4.03. The van der Waals surface area contributed by atoms with E-state index >= 15 is 0 Å². The minimum Gasteiger partial charge on any atom is -0.460 e. The van der Waals surface area contributed by atoms with E-state index < -0.39 is 6.23 Å². The Morgan fingerprint density at radius 2 is 2.04 bits per heavy atom. The first kappa shape index (κ1) is 16.0. The van der Waals surface area contributed by atoms with Crippen molar-refractivity contribution in [3.63, 3.8) is 0 Å². The number of nitrogens with zero attached hydrogens (tertiary/aromatic N) is 3. The number of thioether (sulfide) groups is 1. The van der Waals surface area contributed by atoms with Crippen molar-refractivity contribution in [1.29, 1.82) is 0 Å². The highest BCUT2D eigenvalue weighted by Crippen LogP contribution is 2.39. The molecule has 0 spiro atoms. The number of rotatable bonds is 4. The van der Waals surface area contributed by atoms with Crippen LogP contribution in [-0.2, 0) is 0 Å². The third-order valence-electron chi connectivity index (χ3n) is 3.79. The molecule has 1 aromatic carbocycles. The number of anilines is 1. The first-order chi connectivity index (χ1) is 12.2.